The fourth-order valence-electron chi connectivity index (χ4n) is 0.993. The van der Waals surface area contributed by atoms with Crippen molar-refractivity contribution in [2.75, 3.05) is 0 Å². The molecule has 2 rings (SSSR count). The fraction of sp³-hybridized carbons (Fsp3) is 0.125. The van der Waals surface area contributed by atoms with Crippen molar-refractivity contribution in [3.8, 4) is 0 Å². The van der Waals surface area contributed by atoms with Crippen molar-refractivity contribution in [3.63, 3.8) is 0 Å². The maximum absolute atomic E-state index is 4.17. The Kier molecular flexibility index (Phi) is 2.43. The summed E-state index contributed by atoms with van der Waals surface area (Å²) in [7, 11) is 0. The van der Waals surface area contributed by atoms with Gasteiger partial charge in [0.05, 0.1) is 0 Å². The van der Waals surface area contributed by atoms with Crippen LogP contribution in [0, 0.1) is 13.0 Å². The summed E-state index contributed by atoms with van der Waals surface area (Å²) in [6.45, 7) is 1.94. The molecule has 0 saturated carbocycles. The van der Waals surface area contributed by atoms with Gasteiger partial charge in [0.15, 0.2) is 0 Å². The van der Waals surface area contributed by atoms with Crippen LogP contribution in [0.25, 0.3) is 5.52 Å². The molecule has 0 aliphatic rings. The summed E-state index contributed by atoms with van der Waals surface area (Å²) in [4.78, 5) is 0. The molecule has 2 aromatic rings. The summed E-state index contributed by atoms with van der Waals surface area (Å²) in [6.07, 6.45) is 1.92. The van der Waals surface area contributed by atoms with Crippen LogP contribution in [0.5, 0.6) is 0 Å². The predicted molar refractivity (Wildman–Crippen MR) is 38.8 cm³/mol. The molecule has 1 radical (unpaired) electrons. The molecule has 11 heavy (non-hydrogen) atoms. The molecule has 0 aromatic carbocycles. The van der Waals surface area contributed by atoms with Gasteiger partial charge in [-0.2, -0.15) is 17.2 Å². The number of nitrogens with zero attached hydrogens (tertiary/aromatic N) is 2. The molecule has 3 heteroatoms. The van der Waals surface area contributed by atoms with Gasteiger partial charge in [0, 0.05) is 26.6 Å². The first kappa shape index (κ1) is 8.45. The Bertz CT molecular complexity index is 321. The van der Waals surface area contributed by atoms with Gasteiger partial charge in [0.25, 0.3) is 0 Å². The first-order valence-corrected chi connectivity index (χ1v) is 3.19. The maximum atomic E-state index is 4.17. The number of pyridine rings is 1. The summed E-state index contributed by atoms with van der Waals surface area (Å²) >= 11 is 0. The third kappa shape index (κ3) is 1.50. The van der Waals surface area contributed by atoms with Crippen molar-refractivity contribution < 1.29 is 20.4 Å². The van der Waals surface area contributed by atoms with Crippen LogP contribution in [0.2, 0.25) is 0 Å². The van der Waals surface area contributed by atoms with Crippen molar-refractivity contribution in [2.45, 2.75) is 6.92 Å². The SMILES string of the molecule is Cc1[c-]c2ccccn2n1.[Re]. The quantitative estimate of drug-likeness (QED) is 0.672. The normalized spacial score (nSPS) is 9.55. The van der Waals surface area contributed by atoms with Gasteiger partial charge in [0.2, 0.25) is 0 Å². The third-order valence-electron chi connectivity index (χ3n) is 1.41. The van der Waals surface area contributed by atoms with Crippen molar-refractivity contribution in [2.24, 2.45) is 0 Å². The molecule has 0 saturated heterocycles. The van der Waals surface area contributed by atoms with E-state index in [1.165, 1.54) is 0 Å². The largest absolute Gasteiger partial charge is 0.279 e. The van der Waals surface area contributed by atoms with Crippen LogP contribution in [0.1, 0.15) is 5.69 Å². The molecule has 2 heterocycles. The molecular weight excluding hydrogens is 310 g/mol. The molecule has 0 bridgehead atoms. The van der Waals surface area contributed by atoms with Crippen molar-refractivity contribution in [1.29, 1.82) is 0 Å². The summed E-state index contributed by atoms with van der Waals surface area (Å²) in [5, 5.41) is 4.17. The second kappa shape index (κ2) is 3.17. The number of aryl methyl sites for hydroxylation is 1. The Hall–Kier alpha value is -0.648. The predicted octanol–water partition coefficient (Wildman–Crippen LogP) is 1.44. The molecular formula is C8H7N2Re-. The van der Waals surface area contributed by atoms with Crippen molar-refractivity contribution in [3.05, 3.63) is 36.2 Å². The van der Waals surface area contributed by atoms with Crippen molar-refractivity contribution in [1.82, 2.24) is 9.61 Å². The second-order valence-corrected chi connectivity index (χ2v) is 2.24. The van der Waals surface area contributed by atoms with Gasteiger partial charge in [-0.25, -0.2) is 0 Å². The minimum absolute atomic E-state index is 0. The van der Waals surface area contributed by atoms with Crippen LogP contribution in [-0.2, 0) is 20.4 Å². The van der Waals surface area contributed by atoms with E-state index in [2.05, 4.69) is 11.2 Å². The molecule has 0 N–H and O–H groups in total. The number of aromatic nitrogens is 2. The Labute approximate surface area is 78.9 Å². The number of hydrogen-bond donors (Lipinski definition) is 0. The van der Waals surface area contributed by atoms with E-state index in [0.29, 0.717) is 0 Å². The minimum Gasteiger partial charge on any atom is -0.279 e. The van der Waals surface area contributed by atoms with Gasteiger partial charge >= 0.3 is 0 Å². The summed E-state index contributed by atoms with van der Waals surface area (Å²) in [5.41, 5.74) is 1.96. The van der Waals surface area contributed by atoms with Gasteiger partial charge in [-0.3, -0.25) is 4.52 Å². The fourth-order valence-corrected chi connectivity index (χ4v) is 0.993. The van der Waals surface area contributed by atoms with E-state index in [1.54, 1.807) is 0 Å². The van der Waals surface area contributed by atoms with E-state index in [1.807, 2.05) is 35.8 Å². The van der Waals surface area contributed by atoms with Gasteiger partial charge in [-0.15, -0.1) is 11.6 Å². The summed E-state index contributed by atoms with van der Waals surface area (Å²) in [5.74, 6) is 0. The molecule has 0 aliphatic heterocycles. The number of rotatable bonds is 0. The van der Waals surface area contributed by atoms with Crippen LogP contribution < -0.4 is 0 Å². The standard InChI is InChI=1S/C8H7N2.Re/c1-7-6-8-4-2-3-5-10(8)9-7;/h2-5H,1H3;/q-1;. The van der Waals surface area contributed by atoms with E-state index in [0.717, 1.165) is 11.2 Å². The van der Waals surface area contributed by atoms with Gasteiger partial charge in [-0.05, 0) is 12.6 Å². The van der Waals surface area contributed by atoms with Gasteiger partial charge in [-0.1, -0.05) is 6.07 Å². The van der Waals surface area contributed by atoms with Crippen LogP contribution >= 0.6 is 0 Å². The molecule has 2 aromatic heterocycles. The van der Waals surface area contributed by atoms with Crippen LogP contribution in [0.15, 0.2) is 24.4 Å². The smallest absolute Gasteiger partial charge is 0.0239 e. The first-order valence-electron chi connectivity index (χ1n) is 3.19. The van der Waals surface area contributed by atoms with Gasteiger partial charge in [0.1, 0.15) is 0 Å². The van der Waals surface area contributed by atoms with E-state index >= 15 is 0 Å². The summed E-state index contributed by atoms with van der Waals surface area (Å²) in [6, 6.07) is 9.03. The minimum atomic E-state index is 0. The van der Waals surface area contributed by atoms with Crippen LogP contribution in [0.3, 0.4) is 0 Å². The van der Waals surface area contributed by atoms with Crippen LogP contribution in [0.4, 0.5) is 0 Å². The van der Waals surface area contributed by atoms with E-state index in [4.69, 9.17) is 0 Å². The van der Waals surface area contributed by atoms with Gasteiger partial charge < -0.3 is 0 Å². The number of hydrogen-bond acceptors (Lipinski definition) is 1. The molecule has 2 nitrogen and oxygen atoms in total. The summed E-state index contributed by atoms with van der Waals surface area (Å²) < 4.78 is 1.81. The molecule has 0 amide bonds. The van der Waals surface area contributed by atoms with E-state index < -0.39 is 0 Å². The average molecular weight is 317 g/mol. The average Bonchev–Trinajstić information content (AvgIpc) is 2.27. The third-order valence-corrected chi connectivity index (χ3v) is 1.41. The second-order valence-electron chi connectivity index (χ2n) is 2.24. The molecule has 57 valence electrons. The zero-order valence-electron chi connectivity index (χ0n) is 6.08. The zero-order valence-corrected chi connectivity index (χ0v) is 8.80. The van der Waals surface area contributed by atoms with E-state index in [9.17, 15) is 0 Å². The Morgan fingerprint density at radius 1 is 1.45 bits per heavy atom. The maximum Gasteiger partial charge on any atom is 0.0239 e. The van der Waals surface area contributed by atoms with E-state index in [-0.39, 0.29) is 20.4 Å². The van der Waals surface area contributed by atoms with Crippen LogP contribution in [-0.4, -0.2) is 9.61 Å². The van der Waals surface area contributed by atoms with Crippen molar-refractivity contribution >= 4 is 5.52 Å². The topological polar surface area (TPSA) is 17.3 Å². The molecule has 0 fully saturated rings. The first-order chi connectivity index (χ1) is 4.86. The molecule has 0 spiro atoms. The molecule has 0 unspecified atom stereocenters. The Balaban J connectivity index is 0.000000605. The molecule has 0 atom stereocenters. The Morgan fingerprint density at radius 3 is 3.00 bits per heavy atom. The number of fused-ring (bicyclic) bond motifs is 1. The monoisotopic (exact) mass is 318 g/mol. The Morgan fingerprint density at radius 2 is 2.27 bits per heavy atom. The zero-order chi connectivity index (χ0) is 6.97. The molecule has 0 aliphatic carbocycles.